The molecule has 0 atom stereocenters. The number of nitrogens with one attached hydrogen (secondary N) is 2. The Hall–Kier alpha value is -4.48. The maximum Gasteiger partial charge on any atom is 0.262 e. The van der Waals surface area contributed by atoms with Gasteiger partial charge in [0.2, 0.25) is 0 Å². The molecule has 0 saturated carbocycles. The van der Waals surface area contributed by atoms with E-state index >= 15 is 0 Å². The summed E-state index contributed by atoms with van der Waals surface area (Å²) in [5.41, 5.74) is 2.61. The van der Waals surface area contributed by atoms with E-state index in [1.807, 2.05) is 6.07 Å². The number of aromatic nitrogens is 2. The number of nitriles is 1. The second kappa shape index (κ2) is 9.98. The molecule has 0 radical (unpaired) electrons. The lowest BCUT2D eigenvalue weighted by molar-refractivity contribution is 0.102. The van der Waals surface area contributed by atoms with Crippen LogP contribution in [-0.2, 0) is 13.2 Å². The number of benzene rings is 3. The Morgan fingerprint density at radius 3 is 2.79 bits per heavy atom. The van der Waals surface area contributed by atoms with Gasteiger partial charge in [0.25, 0.3) is 11.5 Å². The fourth-order valence-corrected chi connectivity index (χ4v) is 3.72. The van der Waals surface area contributed by atoms with Crippen LogP contribution < -0.4 is 15.6 Å². The van der Waals surface area contributed by atoms with Crippen molar-refractivity contribution in [2.45, 2.75) is 13.2 Å². The normalized spacial score (nSPS) is 10.4. The van der Waals surface area contributed by atoms with Gasteiger partial charge in [0.1, 0.15) is 12.4 Å². The third-order valence-corrected chi connectivity index (χ3v) is 5.43. The van der Waals surface area contributed by atoms with E-state index in [9.17, 15) is 9.59 Å². The number of nitrogens with zero attached hydrogens (tertiary/aromatic N) is 2. The van der Waals surface area contributed by atoms with Crippen LogP contribution in [-0.4, -0.2) is 15.5 Å². The third-order valence-electron chi connectivity index (χ3n) is 5.11. The lowest BCUT2D eigenvalue weighted by atomic mass is 10.1. The molecule has 0 spiro atoms. The smallest absolute Gasteiger partial charge is 0.262 e. The lowest BCUT2D eigenvalue weighted by Gasteiger charge is -2.10. The molecule has 0 aliphatic carbocycles. The van der Waals surface area contributed by atoms with Gasteiger partial charge < -0.3 is 15.0 Å². The molecule has 0 aliphatic rings. The van der Waals surface area contributed by atoms with E-state index in [0.717, 1.165) is 5.56 Å². The van der Waals surface area contributed by atoms with E-state index in [0.29, 0.717) is 46.6 Å². The summed E-state index contributed by atoms with van der Waals surface area (Å²) in [5.74, 6) is 0.237. The van der Waals surface area contributed by atoms with Gasteiger partial charge in [-0.3, -0.25) is 14.2 Å². The first kappa shape index (κ1) is 22.7. The number of H-pyrrole nitrogens is 1. The minimum atomic E-state index is -0.338. The number of hydrogen-bond acceptors (Lipinski definition) is 5. The summed E-state index contributed by atoms with van der Waals surface area (Å²) in [6.07, 6.45) is 1.60. The van der Waals surface area contributed by atoms with Gasteiger partial charge in [-0.05, 0) is 60.2 Å². The Morgan fingerprint density at radius 2 is 2.00 bits per heavy atom. The fraction of sp³-hybridized carbons (Fsp3) is 0.0769. The van der Waals surface area contributed by atoms with E-state index in [1.165, 1.54) is 4.57 Å². The third kappa shape index (κ3) is 4.95. The Balaban J connectivity index is 1.50. The molecule has 1 aromatic heterocycles. The van der Waals surface area contributed by atoms with Crippen molar-refractivity contribution in [3.8, 4) is 11.8 Å². The van der Waals surface area contributed by atoms with E-state index in [4.69, 9.17) is 22.2 Å². The molecule has 8 heteroatoms. The fourth-order valence-electron chi connectivity index (χ4n) is 3.45. The molecular formula is C26H20N4O3S. The van der Waals surface area contributed by atoms with E-state index in [2.05, 4.69) is 22.9 Å². The summed E-state index contributed by atoms with van der Waals surface area (Å²) in [6.45, 7) is 4.23. The number of allylic oxidation sites excluding steroid dienone is 1. The molecule has 1 amide bonds. The number of amides is 1. The van der Waals surface area contributed by atoms with E-state index < -0.39 is 0 Å². The van der Waals surface area contributed by atoms with E-state index in [-0.39, 0.29) is 16.2 Å². The Labute approximate surface area is 200 Å². The van der Waals surface area contributed by atoms with Crippen LogP contribution in [0.1, 0.15) is 21.5 Å². The molecule has 168 valence electrons. The predicted octanol–water partition coefficient (Wildman–Crippen LogP) is 4.95. The van der Waals surface area contributed by atoms with Crippen molar-refractivity contribution in [3.05, 3.63) is 111 Å². The Morgan fingerprint density at radius 1 is 1.18 bits per heavy atom. The van der Waals surface area contributed by atoms with Crippen molar-refractivity contribution in [2.75, 3.05) is 5.32 Å². The molecule has 0 saturated heterocycles. The maximum absolute atomic E-state index is 12.8. The summed E-state index contributed by atoms with van der Waals surface area (Å²) in [7, 11) is 0. The van der Waals surface area contributed by atoms with Crippen LogP contribution in [0.25, 0.3) is 10.9 Å². The van der Waals surface area contributed by atoms with Gasteiger partial charge in [-0.1, -0.05) is 24.3 Å². The molecule has 4 rings (SSSR count). The highest BCUT2D eigenvalue weighted by Gasteiger charge is 2.11. The average Bonchev–Trinajstić information content (AvgIpc) is 2.85. The van der Waals surface area contributed by atoms with Crippen LogP contribution in [0, 0.1) is 16.1 Å². The first-order chi connectivity index (χ1) is 16.5. The van der Waals surface area contributed by atoms with Gasteiger partial charge in [0.15, 0.2) is 4.77 Å². The van der Waals surface area contributed by atoms with Crippen molar-refractivity contribution in [1.29, 1.82) is 5.26 Å². The summed E-state index contributed by atoms with van der Waals surface area (Å²) in [6, 6.07) is 21.1. The Bertz CT molecular complexity index is 1560. The number of ether oxygens (including phenoxy) is 1. The largest absolute Gasteiger partial charge is 0.489 e. The van der Waals surface area contributed by atoms with Gasteiger partial charge in [-0.25, -0.2) is 0 Å². The van der Waals surface area contributed by atoms with Crippen LogP contribution in [0.5, 0.6) is 5.75 Å². The molecule has 0 bridgehead atoms. The number of aromatic amines is 1. The molecule has 0 unspecified atom stereocenters. The molecule has 0 aliphatic heterocycles. The molecule has 7 nitrogen and oxygen atoms in total. The second-order valence-electron chi connectivity index (χ2n) is 7.48. The number of hydrogen-bond donors (Lipinski definition) is 2. The highest BCUT2D eigenvalue weighted by molar-refractivity contribution is 7.71. The van der Waals surface area contributed by atoms with Crippen LogP contribution in [0.3, 0.4) is 0 Å². The van der Waals surface area contributed by atoms with Crippen LogP contribution in [0.2, 0.25) is 0 Å². The van der Waals surface area contributed by atoms with Crippen molar-refractivity contribution in [3.63, 3.8) is 0 Å². The highest BCUT2D eigenvalue weighted by Crippen LogP contribution is 2.20. The van der Waals surface area contributed by atoms with Gasteiger partial charge in [-0.15, -0.1) is 6.58 Å². The number of carbonyl (C=O) groups is 1. The number of anilines is 1. The molecule has 2 N–H and O–H groups in total. The minimum absolute atomic E-state index is 0.240. The first-order valence-corrected chi connectivity index (χ1v) is 10.8. The van der Waals surface area contributed by atoms with Gasteiger partial charge in [-0.2, -0.15) is 5.26 Å². The monoisotopic (exact) mass is 468 g/mol. The van der Waals surface area contributed by atoms with Crippen molar-refractivity contribution < 1.29 is 9.53 Å². The second-order valence-corrected chi connectivity index (χ2v) is 7.86. The molecule has 3 aromatic carbocycles. The molecule has 4 aromatic rings. The number of fused-ring (bicyclic) bond motifs is 1. The maximum atomic E-state index is 12.8. The summed E-state index contributed by atoms with van der Waals surface area (Å²) in [4.78, 5) is 28.5. The van der Waals surface area contributed by atoms with Gasteiger partial charge in [0, 0.05) is 23.9 Å². The quantitative estimate of drug-likeness (QED) is 0.295. The molecule has 34 heavy (non-hydrogen) atoms. The van der Waals surface area contributed by atoms with Gasteiger partial charge in [0.05, 0.1) is 22.5 Å². The standard InChI is InChI=1S/C26H20N4O3S/c1-2-11-30-25(32)22-10-9-19(13-23(22)29-26(30)34)24(31)28-20-7-4-8-21(14-20)33-16-18-6-3-5-17(12-18)15-27/h2-10,12-14H,1,11,16H2,(H,28,31)(H,29,34). The summed E-state index contributed by atoms with van der Waals surface area (Å²) in [5, 5.41) is 12.3. The molecule has 1 heterocycles. The van der Waals surface area contributed by atoms with Crippen molar-refractivity contribution in [2.24, 2.45) is 0 Å². The minimum Gasteiger partial charge on any atom is -0.489 e. The van der Waals surface area contributed by atoms with Crippen LogP contribution in [0.15, 0.2) is 84.2 Å². The summed E-state index contributed by atoms with van der Waals surface area (Å²) < 4.78 is 7.49. The van der Waals surface area contributed by atoms with Crippen molar-refractivity contribution >= 4 is 34.7 Å². The summed E-state index contributed by atoms with van der Waals surface area (Å²) >= 11 is 5.26. The molecule has 0 fully saturated rings. The molecular weight excluding hydrogens is 448 g/mol. The number of rotatable bonds is 7. The topological polar surface area (TPSA) is 99.9 Å². The zero-order valence-corrected chi connectivity index (χ0v) is 18.9. The Kier molecular flexibility index (Phi) is 6.67. The van der Waals surface area contributed by atoms with Crippen LogP contribution in [0.4, 0.5) is 5.69 Å². The van der Waals surface area contributed by atoms with E-state index in [1.54, 1.807) is 66.7 Å². The SMILES string of the molecule is C=CCn1c(=S)[nH]c2cc(C(=O)Nc3cccc(OCc4cccc(C#N)c4)c3)ccc2c1=O. The zero-order chi connectivity index (χ0) is 24.1. The average molecular weight is 469 g/mol. The van der Waals surface area contributed by atoms with Crippen molar-refractivity contribution in [1.82, 2.24) is 9.55 Å². The number of carbonyl (C=O) groups excluding carboxylic acids is 1. The lowest BCUT2D eigenvalue weighted by Crippen LogP contribution is -2.22. The van der Waals surface area contributed by atoms with Crippen LogP contribution >= 0.6 is 12.2 Å². The van der Waals surface area contributed by atoms with Gasteiger partial charge >= 0.3 is 0 Å². The highest BCUT2D eigenvalue weighted by atomic mass is 32.1. The zero-order valence-electron chi connectivity index (χ0n) is 18.1. The predicted molar refractivity (Wildman–Crippen MR) is 133 cm³/mol. The first-order valence-electron chi connectivity index (χ1n) is 10.4.